The zero-order valence-corrected chi connectivity index (χ0v) is 10.8. The predicted octanol–water partition coefficient (Wildman–Crippen LogP) is 3.84. The van der Waals surface area contributed by atoms with Gasteiger partial charge in [-0.3, -0.25) is 0 Å². The van der Waals surface area contributed by atoms with Gasteiger partial charge in [-0.1, -0.05) is 0 Å². The minimum atomic E-state index is -0.135. The molecular formula is C10H10BrNS2. The van der Waals surface area contributed by atoms with E-state index in [1.807, 2.05) is 11.8 Å². The Morgan fingerprint density at radius 2 is 2.50 bits per heavy atom. The van der Waals surface area contributed by atoms with Crippen LogP contribution in [0, 0.1) is 11.3 Å². The molecule has 0 N–H and O–H groups in total. The number of halogens is 1. The maximum absolute atomic E-state index is 9.21. The zero-order chi connectivity index (χ0) is 10.0. The largest absolute Gasteiger partial charge is 0.197 e. The average Bonchev–Trinajstić information content (AvgIpc) is 2.77. The number of rotatable bonds is 2. The molecule has 1 aliphatic rings. The van der Waals surface area contributed by atoms with Crippen molar-refractivity contribution in [2.75, 3.05) is 5.75 Å². The summed E-state index contributed by atoms with van der Waals surface area (Å²) >= 11 is 7.00. The Morgan fingerprint density at radius 3 is 3.00 bits per heavy atom. The van der Waals surface area contributed by atoms with Crippen LogP contribution in [0.4, 0.5) is 0 Å². The first-order valence-electron chi connectivity index (χ1n) is 4.52. The number of nitriles is 1. The van der Waals surface area contributed by atoms with Gasteiger partial charge >= 0.3 is 0 Å². The minimum Gasteiger partial charge on any atom is -0.197 e. The minimum absolute atomic E-state index is 0.135. The van der Waals surface area contributed by atoms with E-state index in [1.54, 1.807) is 11.3 Å². The average molecular weight is 288 g/mol. The van der Waals surface area contributed by atoms with Gasteiger partial charge in [-0.15, -0.1) is 23.1 Å². The first-order chi connectivity index (χ1) is 6.74. The summed E-state index contributed by atoms with van der Waals surface area (Å²) < 4.78 is 0.998. The lowest BCUT2D eigenvalue weighted by Gasteiger charge is -2.17. The highest BCUT2D eigenvalue weighted by Crippen LogP contribution is 2.41. The summed E-state index contributed by atoms with van der Waals surface area (Å²) in [5.41, 5.74) is 0. The Morgan fingerprint density at radius 1 is 1.64 bits per heavy atom. The van der Waals surface area contributed by atoms with Crippen molar-refractivity contribution in [1.82, 2.24) is 0 Å². The third-order valence-electron chi connectivity index (χ3n) is 2.39. The maximum Gasteiger partial charge on any atom is 0.107 e. The monoisotopic (exact) mass is 287 g/mol. The van der Waals surface area contributed by atoms with Crippen LogP contribution in [0.5, 0.6) is 0 Å². The molecule has 0 amide bonds. The molecule has 0 aliphatic carbocycles. The lowest BCUT2D eigenvalue weighted by Crippen LogP contribution is -2.20. The summed E-state index contributed by atoms with van der Waals surface area (Å²) in [6.45, 7) is 0. The van der Waals surface area contributed by atoms with Crippen LogP contribution in [-0.4, -0.2) is 10.5 Å². The molecule has 1 nitrogen and oxygen atoms in total. The molecule has 1 unspecified atom stereocenters. The second-order valence-corrected chi connectivity index (χ2v) is 6.86. The normalized spacial score (nSPS) is 26.3. The maximum atomic E-state index is 9.21. The molecule has 0 saturated carbocycles. The van der Waals surface area contributed by atoms with Crippen LogP contribution in [0.3, 0.4) is 0 Å². The highest BCUT2D eigenvalue weighted by molar-refractivity contribution is 9.10. The number of hydrogen-bond donors (Lipinski definition) is 0. The number of thioether (sulfide) groups is 1. The Kier molecular flexibility index (Phi) is 3.20. The highest BCUT2D eigenvalue weighted by Gasteiger charge is 2.35. The van der Waals surface area contributed by atoms with Crippen molar-refractivity contribution in [3.05, 3.63) is 20.8 Å². The van der Waals surface area contributed by atoms with E-state index < -0.39 is 0 Å². The van der Waals surface area contributed by atoms with Gasteiger partial charge in [0.15, 0.2) is 0 Å². The van der Waals surface area contributed by atoms with Crippen LogP contribution in [-0.2, 0) is 6.42 Å². The van der Waals surface area contributed by atoms with Gasteiger partial charge in [-0.25, -0.2) is 0 Å². The second-order valence-electron chi connectivity index (χ2n) is 3.47. The Labute approximate surface area is 101 Å². The van der Waals surface area contributed by atoms with Crippen molar-refractivity contribution in [3.63, 3.8) is 0 Å². The van der Waals surface area contributed by atoms with Gasteiger partial charge in [-0.05, 0) is 40.6 Å². The molecule has 1 saturated heterocycles. The van der Waals surface area contributed by atoms with Gasteiger partial charge in [0.2, 0.25) is 0 Å². The molecule has 74 valence electrons. The molecule has 2 heterocycles. The van der Waals surface area contributed by atoms with Gasteiger partial charge in [0.05, 0.1) is 6.07 Å². The fraction of sp³-hybridized carbons (Fsp3) is 0.500. The van der Waals surface area contributed by atoms with E-state index in [0.29, 0.717) is 0 Å². The lowest BCUT2D eigenvalue weighted by molar-refractivity contribution is 0.677. The summed E-state index contributed by atoms with van der Waals surface area (Å²) in [5, 5.41) is 11.3. The highest BCUT2D eigenvalue weighted by atomic mass is 79.9. The molecule has 1 atom stereocenters. The first kappa shape index (κ1) is 10.5. The lowest BCUT2D eigenvalue weighted by atomic mass is 10.0. The van der Waals surface area contributed by atoms with Crippen molar-refractivity contribution in [1.29, 1.82) is 5.26 Å². The Balaban J connectivity index is 2.13. The summed E-state index contributed by atoms with van der Waals surface area (Å²) in [7, 11) is 0. The van der Waals surface area contributed by atoms with Crippen LogP contribution in [0.15, 0.2) is 15.9 Å². The molecule has 0 aromatic carbocycles. The van der Waals surface area contributed by atoms with E-state index in [1.165, 1.54) is 11.3 Å². The van der Waals surface area contributed by atoms with E-state index in [9.17, 15) is 5.26 Å². The third-order valence-corrected chi connectivity index (χ3v) is 5.57. The summed E-state index contributed by atoms with van der Waals surface area (Å²) in [6, 6.07) is 4.62. The number of thiophene rings is 1. The summed E-state index contributed by atoms with van der Waals surface area (Å²) in [5.74, 6) is 1.14. The number of hydrogen-bond acceptors (Lipinski definition) is 3. The van der Waals surface area contributed by atoms with Crippen LogP contribution in [0.25, 0.3) is 0 Å². The van der Waals surface area contributed by atoms with Crippen molar-refractivity contribution in [2.45, 2.75) is 24.0 Å². The molecule has 4 heteroatoms. The van der Waals surface area contributed by atoms with E-state index >= 15 is 0 Å². The predicted molar refractivity (Wildman–Crippen MR) is 65.8 cm³/mol. The Hall–Kier alpha value is 0.0200. The third kappa shape index (κ3) is 2.16. The molecule has 1 aromatic rings. The fourth-order valence-corrected chi connectivity index (χ4v) is 4.64. The molecule has 1 fully saturated rings. The van der Waals surface area contributed by atoms with E-state index in [-0.39, 0.29) is 4.75 Å². The summed E-state index contributed by atoms with van der Waals surface area (Å²) in [4.78, 5) is 1.31. The topological polar surface area (TPSA) is 23.8 Å². The van der Waals surface area contributed by atoms with Crippen LogP contribution >= 0.6 is 39.0 Å². The van der Waals surface area contributed by atoms with Crippen molar-refractivity contribution in [2.24, 2.45) is 0 Å². The molecular weight excluding hydrogens is 278 g/mol. The van der Waals surface area contributed by atoms with Crippen LogP contribution < -0.4 is 0 Å². The van der Waals surface area contributed by atoms with Crippen LogP contribution in [0.1, 0.15) is 17.7 Å². The van der Waals surface area contributed by atoms with E-state index in [0.717, 1.165) is 23.1 Å². The molecule has 1 aromatic heterocycles. The SMILES string of the molecule is N#CC1(Cc2cc(Br)cs2)CCCS1. The molecule has 0 bridgehead atoms. The van der Waals surface area contributed by atoms with E-state index in [2.05, 4.69) is 33.4 Å². The van der Waals surface area contributed by atoms with Crippen LogP contribution in [0.2, 0.25) is 0 Å². The number of nitrogens with zero attached hydrogens (tertiary/aromatic N) is 1. The van der Waals surface area contributed by atoms with E-state index in [4.69, 9.17) is 0 Å². The van der Waals surface area contributed by atoms with Gasteiger partial charge in [0.1, 0.15) is 4.75 Å². The van der Waals surface area contributed by atoms with Gasteiger partial charge in [-0.2, -0.15) is 5.26 Å². The van der Waals surface area contributed by atoms with Crippen molar-refractivity contribution >= 4 is 39.0 Å². The zero-order valence-electron chi connectivity index (χ0n) is 7.62. The Bertz CT molecular complexity index is 360. The molecule has 0 spiro atoms. The summed E-state index contributed by atoms with van der Waals surface area (Å²) in [6.07, 6.45) is 3.14. The first-order valence-corrected chi connectivity index (χ1v) is 7.18. The quantitative estimate of drug-likeness (QED) is 0.825. The fourth-order valence-electron chi connectivity index (χ4n) is 1.69. The van der Waals surface area contributed by atoms with Gasteiger partial charge in [0, 0.05) is 21.2 Å². The smallest absolute Gasteiger partial charge is 0.107 e. The second kappa shape index (κ2) is 4.26. The molecule has 2 rings (SSSR count). The van der Waals surface area contributed by atoms with Crippen molar-refractivity contribution in [3.8, 4) is 6.07 Å². The standard InChI is InChI=1S/C10H10BrNS2/c11-8-4-9(13-6-8)5-10(7-12)2-1-3-14-10/h4,6H,1-3,5H2. The van der Waals surface area contributed by atoms with Gasteiger partial charge in [0.25, 0.3) is 0 Å². The molecule has 14 heavy (non-hydrogen) atoms. The molecule has 1 aliphatic heterocycles. The van der Waals surface area contributed by atoms with Crippen molar-refractivity contribution < 1.29 is 0 Å². The van der Waals surface area contributed by atoms with Gasteiger partial charge < -0.3 is 0 Å². The molecule has 0 radical (unpaired) electrons.